The Hall–Kier alpha value is -2.69. The van der Waals surface area contributed by atoms with Crippen LogP contribution in [0.25, 0.3) is 0 Å². The molecule has 0 aliphatic carbocycles. The first-order valence-corrected chi connectivity index (χ1v) is 7.10. The van der Waals surface area contributed by atoms with Crippen molar-refractivity contribution in [3.05, 3.63) is 48.5 Å². The van der Waals surface area contributed by atoms with Gasteiger partial charge in [0.05, 0.1) is 12.8 Å². The first-order valence-electron chi connectivity index (χ1n) is 7.10. The number of hydrogen-bond donors (Lipinski definition) is 2. The molecule has 0 fully saturated rings. The van der Waals surface area contributed by atoms with Crippen LogP contribution >= 0.6 is 0 Å². The molecule has 0 saturated heterocycles. The first kappa shape index (κ1) is 15.7. The lowest BCUT2D eigenvalue weighted by Crippen LogP contribution is -2.32. The second-order valence-corrected chi connectivity index (χ2v) is 4.78. The summed E-state index contributed by atoms with van der Waals surface area (Å²) in [5, 5.41) is 2.80. The van der Waals surface area contributed by atoms with Crippen molar-refractivity contribution >= 4 is 17.3 Å². The predicted molar refractivity (Wildman–Crippen MR) is 87.2 cm³/mol. The Kier molecular flexibility index (Phi) is 5.25. The fourth-order valence-corrected chi connectivity index (χ4v) is 2.02. The molecular weight excluding hydrogens is 280 g/mol. The number of nitrogens with two attached hydrogens (primary N) is 1. The van der Waals surface area contributed by atoms with Crippen molar-refractivity contribution in [3.8, 4) is 11.5 Å². The standard InChI is InChI=1S/C17H20N2O3/c1-3-15(22-13-7-5-4-6-8-13)17(20)19-14-11-12(18)9-10-16(14)21-2/h4-11,15H,3,18H2,1-2H3,(H,19,20). The molecule has 0 aromatic heterocycles. The fourth-order valence-electron chi connectivity index (χ4n) is 2.02. The molecule has 22 heavy (non-hydrogen) atoms. The number of rotatable bonds is 6. The number of hydrogen-bond acceptors (Lipinski definition) is 4. The molecular formula is C17H20N2O3. The number of carbonyl (C=O) groups is 1. The van der Waals surface area contributed by atoms with E-state index in [2.05, 4.69) is 5.32 Å². The van der Waals surface area contributed by atoms with E-state index in [1.807, 2.05) is 37.3 Å². The van der Waals surface area contributed by atoms with Gasteiger partial charge in [-0.05, 0) is 36.8 Å². The highest BCUT2D eigenvalue weighted by atomic mass is 16.5. The zero-order valence-corrected chi connectivity index (χ0v) is 12.7. The van der Waals surface area contributed by atoms with Gasteiger partial charge in [0.25, 0.3) is 5.91 Å². The molecule has 2 rings (SSSR count). The number of ether oxygens (including phenoxy) is 2. The van der Waals surface area contributed by atoms with Crippen LogP contribution in [0.1, 0.15) is 13.3 Å². The second kappa shape index (κ2) is 7.36. The third kappa shape index (κ3) is 3.91. The largest absolute Gasteiger partial charge is 0.495 e. The highest BCUT2D eigenvalue weighted by Gasteiger charge is 2.19. The molecule has 0 saturated carbocycles. The Morgan fingerprint density at radius 2 is 1.95 bits per heavy atom. The van der Waals surface area contributed by atoms with E-state index in [9.17, 15) is 4.79 Å². The molecule has 0 aliphatic heterocycles. The van der Waals surface area contributed by atoms with Crippen LogP contribution in [0.2, 0.25) is 0 Å². The lowest BCUT2D eigenvalue weighted by atomic mass is 10.2. The smallest absolute Gasteiger partial charge is 0.265 e. The molecule has 2 aromatic rings. The monoisotopic (exact) mass is 300 g/mol. The van der Waals surface area contributed by atoms with Crippen LogP contribution in [0.5, 0.6) is 11.5 Å². The van der Waals surface area contributed by atoms with E-state index in [0.29, 0.717) is 29.3 Å². The highest BCUT2D eigenvalue weighted by molar-refractivity contribution is 5.96. The van der Waals surface area contributed by atoms with Gasteiger partial charge in [-0.1, -0.05) is 25.1 Å². The van der Waals surface area contributed by atoms with Crippen molar-refractivity contribution in [2.24, 2.45) is 0 Å². The van der Waals surface area contributed by atoms with Gasteiger partial charge in [-0.2, -0.15) is 0 Å². The first-order chi connectivity index (χ1) is 10.6. The molecule has 1 atom stereocenters. The number of nitrogens with one attached hydrogen (secondary N) is 1. The zero-order chi connectivity index (χ0) is 15.9. The minimum Gasteiger partial charge on any atom is -0.495 e. The van der Waals surface area contributed by atoms with Gasteiger partial charge in [-0.3, -0.25) is 4.79 Å². The molecule has 1 amide bonds. The Labute approximate surface area is 130 Å². The second-order valence-electron chi connectivity index (χ2n) is 4.78. The summed E-state index contributed by atoms with van der Waals surface area (Å²) in [5.41, 5.74) is 6.83. The molecule has 0 spiro atoms. The van der Waals surface area contributed by atoms with Crippen LogP contribution in [0.15, 0.2) is 48.5 Å². The van der Waals surface area contributed by atoms with E-state index < -0.39 is 6.10 Å². The zero-order valence-electron chi connectivity index (χ0n) is 12.7. The fraction of sp³-hybridized carbons (Fsp3) is 0.235. The van der Waals surface area contributed by atoms with Crippen molar-refractivity contribution in [2.75, 3.05) is 18.2 Å². The van der Waals surface area contributed by atoms with Crippen LogP contribution in [-0.2, 0) is 4.79 Å². The lowest BCUT2D eigenvalue weighted by molar-refractivity contribution is -0.122. The molecule has 3 N–H and O–H groups in total. The van der Waals surface area contributed by atoms with Crippen LogP contribution in [0, 0.1) is 0 Å². The van der Waals surface area contributed by atoms with Gasteiger partial charge in [0, 0.05) is 5.69 Å². The maximum Gasteiger partial charge on any atom is 0.265 e. The summed E-state index contributed by atoms with van der Waals surface area (Å²) >= 11 is 0. The third-order valence-electron chi connectivity index (χ3n) is 3.17. The Bertz CT molecular complexity index is 629. The topological polar surface area (TPSA) is 73.6 Å². The minimum absolute atomic E-state index is 0.241. The summed E-state index contributed by atoms with van der Waals surface area (Å²) in [4.78, 5) is 12.4. The van der Waals surface area contributed by atoms with Gasteiger partial charge in [0.2, 0.25) is 0 Å². The molecule has 0 bridgehead atoms. The van der Waals surface area contributed by atoms with Gasteiger partial charge >= 0.3 is 0 Å². The summed E-state index contributed by atoms with van der Waals surface area (Å²) in [6.45, 7) is 1.89. The third-order valence-corrected chi connectivity index (χ3v) is 3.17. The molecule has 5 heteroatoms. The highest BCUT2D eigenvalue weighted by Crippen LogP contribution is 2.27. The van der Waals surface area contributed by atoms with Gasteiger partial charge in [0.15, 0.2) is 6.10 Å². The predicted octanol–water partition coefficient (Wildman–Crippen LogP) is 3.07. The number of methoxy groups -OCH3 is 1. The van der Waals surface area contributed by atoms with E-state index in [1.165, 1.54) is 0 Å². The van der Waals surface area contributed by atoms with Gasteiger partial charge in [-0.15, -0.1) is 0 Å². The number of nitrogen functional groups attached to an aromatic ring is 1. The number of benzene rings is 2. The Balaban J connectivity index is 2.11. The SMILES string of the molecule is CCC(Oc1ccccc1)C(=O)Nc1cc(N)ccc1OC. The van der Waals surface area contributed by atoms with E-state index in [-0.39, 0.29) is 5.91 Å². The number of carbonyl (C=O) groups excluding carboxylic acids is 1. The van der Waals surface area contributed by atoms with E-state index in [0.717, 1.165) is 0 Å². The summed E-state index contributed by atoms with van der Waals surface area (Å²) in [7, 11) is 1.54. The molecule has 116 valence electrons. The average Bonchev–Trinajstić information content (AvgIpc) is 2.53. The summed E-state index contributed by atoms with van der Waals surface area (Å²) in [6.07, 6.45) is -0.0423. The average molecular weight is 300 g/mol. The molecule has 0 radical (unpaired) electrons. The van der Waals surface area contributed by atoms with Crippen LogP contribution in [-0.4, -0.2) is 19.1 Å². The maximum atomic E-state index is 12.4. The maximum absolute atomic E-state index is 12.4. The van der Waals surface area contributed by atoms with E-state index in [1.54, 1.807) is 25.3 Å². The van der Waals surface area contributed by atoms with Crippen molar-refractivity contribution in [1.82, 2.24) is 0 Å². The summed E-state index contributed by atoms with van der Waals surface area (Å²) in [6, 6.07) is 14.3. The van der Waals surface area contributed by atoms with Gasteiger partial charge in [-0.25, -0.2) is 0 Å². The molecule has 0 heterocycles. The van der Waals surface area contributed by atoms with Crippen molar-refractivity contribution < 1.29 is 14.3 Å². The van der Waals surface area contributed by atoms with Crippen molar-refractivity contribution in [1.29, 1.82) is 0 Å². The normalized spacial score (nSPS) is 11.5. The van der Waals surface area contributed by atoms with Crippen LogP contribution in [0.4, 0.5) is 11.4 Å². The summed E-state index contributed by atoms with van der Waals surface area (Å²) < 4.78 is 10.9. The number of para-hydroxylation sites is 1. The lowest BCUT2D eigenvalue weighted by Gasteiger charge is -2.18. The van der Waals surface area contributed by atoms with Gasteiger partial charge in [0.1, 0.15) is 11.5 Å². The number of amides is 1. The molecule has 2 aromatic carbocycles. The molecule has 0 aliphatic rings. The van der Waals surface area contributed by atoms with Crippen LogP contribution in [0.3, 0.4) is 0 Å². The van der Waals surface area contributed by atoms with Crippen LogP contribution < -0.4 is 20.5 Å². The Morgan fingerprint density at radius 3 is 2.59 bits per heavy atom. The van der Waals surface area contributed by atoms with Gasteiger partial charge < -0.3 is 20.5 Å². The molecule has 1 unspecified atom stereocenters. The molecule has 5 nitrogen and oxygen atoms in total. The van der Waals surface area contributed by atoms with E-state index in [4.69, 9.17) is 15.2 Å². The summed E-state index contributed by atoms with van der Waals surface area (Å²) in [5.74, 6) is 0.969. The number of anilines is 2. The van der Waals surface area contributed by atoms with Crippen molar-refractivity contribution in [2.45, 2.75) is 19.4 Å². The Morgan fingerprint density at radius 1 is 1.23 bits per heavy atom. The van der Waals surface area contributed by atoms with E-state index >= 15 is 0 Å². The quantitative estimate of drug-likeness (QED) is 0.804. The van der Waals surface area contributed by atoms with Crippen molar-refractivity contribution in [3.63, 3.8) is 0 Å². The minimum atomic E-state index is -0.589.